The van der Waals surface area contributed by atoms with Crippen LogP contribution in [0.2, 0.25) is 0 Å². The second-order valence-electron chi connectivity index (χ2n) is 4.85. The van der Waals surface area contributed by atoms with Crippen LogP contribution in [0.25, 0.3) is 10.8 Å². The van der Waals surface area contributed by atoms with Gasteiger partial charge in [0.1, 0.15) is 5.75 Å². The summed E-state index contributed by atoms with van der Waals surface area (Å²) in [5.74, 6) is 0.220. The van der Waals surface area contributed by atoms with Crippen molar-refractivity contribution < 1.29 is 21.6 Å². The van der Waals surface area contributed by atoms with E-state index in [0.29, 0.717) is 22.1 Å². The summed E-state index contributed by atoms with van der Waals surface area (Å²) in [4.78, 5) is 11.8. The van der Waals surface area contributed by atoms with Crippen LogP contribution in [-0.2, 0) is 21.3 Å². The number of carbonyl (C=O) groups is 1. The molecule has 2 amide bonds. The van der Waals surface area contributed by atoms with Gasteiger partial charge in [0, 0.05) is 11.5 Å². The van der Waals surface area contributed by atoms with Crippen LogP contribution in [0.5, 0.6) is 5.75 Å². The molecule has 0 fully saturated rings. The maximum absolute atomic E-state index is 12.1. The van der Waals surface area contributed by atoms with Gasteiger partial charge < -0.3 is 14.8 Å². The number of nitrogens with one attached hydrogen (secondary N) is 4. The summed E-state index contributed by atoms with van der Waals surface area (Å²) in [5.41, 5.74) is 0.795. The molecule has 2 aromatic carbocycles. The highest BCUT2D eigenvalue weighted by atomic mass is 32.2. The van der Waals surface area contributed by atoms with Crippen LogP contribution in [0.4, 0.5) is 16.2 Å². The number of hydrogen-bond donors (Lipinski definition) is 4. The zero-order valence-corrected chi connectivity index (χ0v) is 14.3. The summed E-state index contributed by atoms with van der Waals surface area (Å²) in [5, 5.41) is 6.33. The molecule has 3 rings (SSSR count). The molecule has 1 aliphatic heterocycles. The molecule has 1 aliphatic rings. The lowest BCUT2D eigenvalue weighted by atomic mass is 10.0. The van der Waals surface area contributed by atoms with Crippen molar-refractivity contribution in [2.24, 2.45) is 0 Å². The van der Waals surface area contributed by atoms with Gasteiger partial charge in [-0.3, -0.25) is 0 Å². The molecule has 11 heteroatoms. The molecular formula is C13H14N4O5S2. The maximum Gasteiger partial charge on any atom is 0.323 e. The van der Waals surface area contributed by atoms with Gasteiger partial charge in [-0.05, 0) is 37.7 Å². The fourth-order valence-corrected chi connectivity index (χ4v) is 3.53. The van der Waals surface area contributed by atoms with Crippen molar-refractivity contribution in [1.29, 1.82) is 0 Å². The third kappa shape index (κ3) is 2.94. The average Bonchev–Trinajstić information content (AvgIpc) is 2.53. The fourth-order valence-electron chi connectivity index (χ4n) is 2.38. The highest BCUT2D eigenvalue weighted by Crippen LogP contribution is 2.39. The second kappa shape index (κ2) is 6.02. The van der Waals surface area contributed by atoms with Crippen LogP contribution in [-0.4, -0.2) is 32.8 Å². The van der Waals surface area contributed by atoms with E-state index < -0.39 is 27.3 Å². The van der Waals surface area contributed by atoms with E-state index in [1.807, 2.05) is 0 Å². The SMILES string of the molecule is CNS(=O)Oc1cc2c3c(cc(S(=O)(=O)NC)cc3c1)NC(=O)N2. The Morgan fingerprint density at radius 2 is 1.75 bits per heavy atom. The lowest BCUT2D eigenvalue weighted by molar-refractivity contribution is 0.262. The predicted octanol–water partition coefficient (Wildman–Crippen LogP) is 0.882. The van der Waals surface area contributed by atoms with E-state index in [-0.39, 0.29) is 10.6 Å². The summed E-state index contributed by atoms with van der Waals surface area (Å²) in [6.45, 7) is 0. The molecule has 128 valence electrons. The topological polar surface area (TPSA) is 126 Å². The van der Waals surface area contributed by atoms with Crippen molar-refractivity contribution >= 4 is 49.5 Å². The standard InChI is InChI=1S/C13H14N4O5S2/c1-14-23(19)22-8-3-7-4-9(24(20,21)15-2)6-11-12(7)10(5-8)16-13(18)17-11/h3-6,14-15H,1-2H3,(H2,16,17,18). The minimum absolute atomic E-state index is 0.00691. The van der Waals surface area contributed by atoms with Gasteiger partial charge in [0.15, 0.2) is 0 Å². The third-order valence-corrected chi connectivity index (χ3v) is 5.48. The molecule has 0 aliphatic carbocycles. The van der Waals surface area contributed by atoms with Crippen LogP contribution in [0.1, 0.15) is 0 Å². The highest BCUT2D eigenvalue weighted by Gasteiger charge is 2.22. The lowest BCUT2D eigenvalue weighted by Gasteiger charge is -2.21. The first-order chi connectivity index (χ1) is 11.3. The van der Waals surface area contributed by atoms with Gasteiger partial charge in [0.25, 0.3) is 11.3 Å². The average molecular weight is 370 g/mol. The van der Waals surface area contributed by atoms with E-state index in [1.165, 1.54) is 32.3 Å². The molecule has 0 aromatic heterocycles. The molecule has 0 saturated carbocycles. The molecule has 0 saturated heterocycles. The Hall–Kier alpha value is -2.21. The van der Waals surface area contributed by atoms with Crippen LogP contribution in [0.15, 0.2) is 29.2 Å². The Labute approximate surface area is 140 Å². The summed E-state index contributed by atoms with van der Waals surface area (Å²) < 4.78 is 45.5. The lowest BCUT2D eigenvalue weighted by Crippen LogP contribution is -2.25. The zero-order chi connectivity index (χ0) is 17.5. The van der Waals surface area contributed by atoms with Gasteiger partial charge in [-0.2, -0.15) is 4.21 Å². The van der Waals surface area contributed by atoms with E-state index in [4.69, 9.17) is 4.18 Å². The second-order valence-corrected chi connectivity index (χ2v) is 7.78. The third-order valence-electron chi connectivity index (χ3n) is 3.41. The number of benzene rings is 2. The van der Waals surface area contributed by atoms with E-state index >= 15 is 0 Å². The molecule has 0 spiro atoms. The summed E-state index contributed by atoms with van der Waals surface area (Å²) in [6, 6.07) is 5.39. The summed E-state index contributed by atoms with van der Waals surface area (Å²) in [6.07, 6.45) is 0. The Morgan fingerprint density at radius 3 is 2.38 bits per heavy atom. The molecule has 4 N–H and O–H groups in total. The first kappa shape index (κ1) is 16.6. The number of sulfonamides is 1. The van der Waals surface area contributed by atoms with E-state index in [0.717, 1.165) is 0 Å². The van der Waals surface area contributed by atoms with Crippen molar-refractivity contribution in [3.8, 4) is 5.75 Å². The fraction of sp³-hybridized carbons (Fsp3) is 0.154. The summed E-state index contributed by atoms with van der Waals surface area (Å²) >= 11 is -1.76. The van der Waals surface area contributed by atoms with Gasteiger partial charge in [-0.15, -0.1) is 0 Å². The van der Waals surface area contributed by atoms with Crippen molar-refractivity contribution in [3.63, 3.8) is 0 Å². The Balaban J connectivity index is 2.26. The molecule has 1 unspecified atom stereocenters. The van der Waals surface area contributed by atoms with E-state index in [2.05, 4.69) is 20.1 Å². The number of rotatable bonds is 5. The number of anilines is 2. The molecule has 9 nitrogen and oxygen atoms in total. The number of amides is 2. The van der Waals surface area contributed by atoms with Gasteiger partial charge >= 0.3 is 6.03 Å². The zero-order valence-electron chi connectivity index (χ0n) is 12.7. The largest absolute Gasteiger partial charge is 0.389 e. The van der Waals surface area contributed by atoms with Crippen molar-refractivity contribution in [2.75, 3.05) is 24.7 Å². The monoisotopic (exact) mass is 370 g/mol. The number of urea groups is 1. The van der Waals surface area contributed by atoms with Gasteiger partial charge in [-0.25, -0.2) is 22.7 Å². The molecule has 24 heavy (non-hydrogen) atoms. The quantitative estimate of drug-likeness (QED) is 0.622. The number of hydrogen-bond acceptors (Lipinski definition) is 5. The molecule has 0 radical (unpaired) electrons. The molecule has 2 aromatic rings. The Morgan fingerprint density at radius 1 is 1.08 bits per heavy atom. The van der Waals surface area contributed by atoms with E-state index in [1.54, 1.807) is 6.07 Å². The van der Waals surface area contributed by atoms with Gasteiger partial charge in [0.2, 0.25) is 10.0 Å². The summed E-state index contributed by atoms with van der Waals surface area (Å²) in [7, 11) is -0.945. The molecule has 0 bridgehead atoms. The predicted molar refractivity (Wildman–Crippen MR) is 90.7 cm³/mol. The van der Waals surface area contributed by atoms with Crippen LogP contribution in [0, 0.1) is 0 Å². The minimum Gasteiger partial charge on any atom is -0.389 e. The Bertz CT molecular complexity index is 974. The molecular weight excluding hydrogens is 356 g/mol. The molecule has 1 atom stereocenters. The number of carbonyl (C=O) groups excluding carboxylic acids is 1. The van der Waals surface area contributed by atoms with Gasteiger partial charge in [-0.1, -0.05) is 0 Å². The first-order valence-electron chi connectivity index (χ1n) is 6.75. The van der Waals surface area contributed by atoms with Gasteiger partial charge in [0.05, 0.1) is 16.3 Å². The Kier molecular flexibility index (Phi) is 4.17. The van der Waals surface area contributed by atoms with Crippen molar-refractivity contribution in [2.45, 2.75) is 4.90 Å². The minimum atomic E-state index is -3.70. The van der Waals surface area contributed by atoms with Crippen molar-refractivity contribution in [1.82, 2.24) is 9.44 Å². The molecule has 1 heterocycles. The van der Waals surface area contributed by atoms with Crippen LogP contribution < -0.4 is 24.3 Å². The maximum atomic E-state index is 12.1. The highest BCUT2D eigenvalue weighted by molar-refractivity contribution is 7.89. The first-order valence-corrected chi connectivity index (χ1v) is 9.30. The smallest absolute Gasteiger partial charge is 0.323 e. The van der Waals surface area contributed by atoms with Crippen LogP contribution in [0.3, 0.4) is 0 Å². The van der Waals surface area contributed by atoms with Crippen molar-refractivity contribution in [3.05, 3.63) is 24.3 Å². The van der Waals surface area contributed by atoms with Crippen LogP contribution >= 0.6 is 0 Å². The normalized spacial score (nSPS) is 14.8. The van der Waals surface area contributed by atoms with E-state index in [9.17, 15) is 17.4 Å².